The molecule has 0 saturated carbocycles. The molecule has 9 nitrogen and oxygen atoms in total. The summed E-state index contributed by atoms with van der Waals surface area (Å²) in [5.74, 6) is -1.12. The first-order chi connectivity index (χ1) is 13.2. The Morgan fingerprint density at radius 1 is 1.11 bits per heavy atom. The Kier molecular flexibility index (Phi) is 5.06. The predicted molar refractivity (Wildman–Crippen MR) is 97.9 cm³/mol. The van der Waals surface area contributed by atoms with E-state index in [-0.39, 0.29) is 22.8 Å². The largest absolute Gasteiger partial charge is 0.379 e. The van der Waals surface area contributed by atoms with E-state index in [0.717, 1.165) is 10.6 Å². The Morgan fingerprint density at radius 3 is 2.39 bits per heavy atom. The second-order valence-corrected chi connectivity index (χ2v) is 7.73. The zero-order chi connectivity index (χ0) is 20.5. The molecule has 2 aromatic carbocycles. The maximum absolute atomic E-state index is 12.5. The topological polar surface area (TPSA) is 122 Å². The predicted octanol–water partition coefficient (Wildman–Crippen LogP) is 1.27. The lowest BCUT2D eigenvalue weighted by Gasteiger charge is -2.14. The van der Waals surface area contributed by atoms with Gasteiger partial charge in [-0.2, -0.15) is 8.42 Å². The molecule has 2 N–H and O–H groups in total. The maximum atomic E-state index is 12.5. The SMILES string of the molecule is Cc1ccc(C)c(S(=O)(=O)Oc2ccc(C(=O)NN3CC(=O)NC3=O)cc2)c1. The van der Waals surface area contributed by atoms with Gasteiger partial charge in [-0.1, -0.05) is 12.1 Å². The van der Waals surface area contributed by atoms with Gasteiger partial charge in [-0.15, -0.1) is 0 Å². The van der Waals surface area contributed by atoms with E-state index in [1.165, 1.54) is 30.3 Å². The number of rotatable bonds is 5. The molecule has 0 unspecified atom stereocenters. The van der Waals surface area contributed by atoms with E-state index in [1.807, 2.05) is 5.32 Å². The monoisotopic (exact) mass is 403 g/mol. The Morgan fingerprint density at radius 2 is 1.79 bits per heavy atom. The minimum absolute atomic E-state index is 0.0338. The first-order valence-electron chi connectivity index (χ1n) is 8.20. The van der Waals surface area contributed by atoms with Crippen molar-refractivity contribution in [3.05, 3.63) is 59.2 Å². The zero-order valence-electron chi connectivity index (χ0n) is 15.1. The number of hydrogen-bond donors (Lipinski definition) is 2. The van der Waals surface area contributed by atoms with E-state index in [9.17, 15) is 22.8 Å². The summed E-state index contributed by atoms with van der Waals surface area (Å²) in [7, 11) is -4.03. The summed E-state index contributed by atoms with van der Waals surface area (Å²) >= 11 is 0. The molecule has 0 atom stereocenters. The van der Waals surface area contributed by atoms with Crippen molar-refractivity contribution in [2.24, 2.45) is 0 Å². The van der Waals surface area contributed by atoms with Crippen LogP contribution in [-0.4, -0.2) is 37.8 Å². The number of carbonyl (C=O) groups is 3. The molecular formula is C18H17N3O6S. The van der Waals surface area contributed by atoms with Crippen molar-refractivity contribution in [1.29, 1.82) is 0 Å². The molecule has 1 aliphatic rings. The summed E-state index contributed by atoms with van der Waals surface area (Å²) in [6.07, 6.45) is 0. The summed E-state index contributed by atoms with van der Waals surface area (Å²) in [5, 5.41) is 2.88. The molecule has 2 aromatic rings. The van der Waals surface area contributed by atoms with Crippen molar-refractivity contribution in [1.82, 2.24) is 15.8 Å². The zero-order valence-corrected chi connectivity index (χ0v) is 15.9. The molecule has 4 amide bonds. The van der Waals surface area contributed by atoms with Crippen LogP contribution >= 0.6 is 0 Å². The lowest BCUT2D eigenvalue weighted by atomic mass is 10.2. The van der Waals surface area contributed by atoms with Gasteiger partial charge < -0.3 is 4.18 Å². The molecule has 0 radical (unpaired) electrons. The van der Waals surface area contributed by atoms with Crippen LogP contribution in [0.2, 0.25) is 0 Å². The Hall–Kier alpha value is -3.40. The number of nitrogens with zero attached hydrogens (tertiary/aromatic N) is 1. The first kappa shape index (κ1) is 19.4. The number of urea groups is 1. The molecule has 10 heteroatoms. The fraction of sp³-hybridized carbons (Fsp3) is 0.167. The van der Waals surface area contributed by atoms with Crippen LogP contribution in [0.1, 0.15) is 21.5 Å². The van der Waals surface area contributed by atoms with Gasteiger partial charge in [0.25, 0.3) is 5.91 Å². The standard InChI is InChI=1S/C18H17N3O6S/c1-11-3-4-12(2)15(9-11)28(25,26)27-14-7-5-13(6-8-14)17(23)20-21-10-16(22)19-18(21)24/h3-9H,10H2,1-2H3,(H,20,23)(H,19,22,24). The molecule has 0 spiro atoms. The molecule has 28 heavy (non-hydrogen) atoms. The fourth-order valence-electron chi connectivity index (χ4n) is 2.53. The van der Waals surface area contributed by atoms with Gasteiger partial charge in [0, 0.05) is 5.56 Å². The first-order valence-corrected chi connectivity index (χ1v) is 9.61. The molecule has 0 bridgehead atoms. The highest BCUT2D eigenvalue weighted by Gasteiger charge is 2.28. The highest BCUT2D eigenvalue weighted by molar-refractivity contribution is 7.87. The number of imide groups is 1. The summed E-state index contributed by atoms with van der Waals surface area (Å²) < 4.78 is 30.2. The average molecular weight is 403 g/mol. The van der Waals surface area contributed by atoms with E-state index in [4.69, 9.17) is 4.18 Å². The van der Waals surface area contributed by atoms with E-state index < -0.39 is 28.0 Å². The van der Waals surface area contributed by atoms with Crippen molar-refractivity contribution in [2.75, 3.05) is 6.54 Å². The third kappa shape index (κ3) is 4.12. The minimum atomic E-state index is -4.03. The van der Waals surface area contributed by atoms with Crippen LogP contribution in [0.25, 0.3) is 0 Å². The van der Waals surface area contributed by atoms with Gasteiger partial charge in [-0.05, 0) is 55.3 Å². The quantitative estimate of drug-likeness (QED) is 0.573. The number of amides is 4. The number of carbonyl (C=O) groups excluding carboxylic acids is 3. The molecule has 1 fully saturated rings. The van der Waals surface area contributed by atoms with E-state index in [0.29, 0.717) is 5.56 Å². The van der Waals surface area contributed by atoms with Crippen LogP contribution in [-0.2, 0) is 14.9 Å². The Labute approximate surface area is 161 Å². The summed E-state index contributed by atoms with van der Waals surface area (Å²) in [4.78, 5) is 34.8. The molecule has 1 aliphatic heterocycles. The van der Waals surface area contributed by atoms with Gasteiger partial charge in [0.05, 0.1) is 0 Å². The molecule has 0 aromatic heterocycles. The van der Waals surface area contributed by atoms with Crippen LogP contribution in [0.3, 0.4) is 0 Å². The lowest BCUT2D eigenvalue weighted by molar-refractivity contribution is -0.118. The number of nitrogens with one attached hydrogen (secondary N) is 2. The molecule has 1 saturated heterocycles. The number of benzene rings is 2. The van der Waals surface area contributed by atoms with Crippen molar-refractivity contribution >= 4 is 28.0 Å². The van der Waals surface area contributed by atoms with Crippen LogP contribution in [0.15, 0.2) is 47.4 Å². The Balaban J connectivity index is 1.72. The summed E-state index contributed by atoms with van der Waals surface area (Å²) in [6, 6.07) is 9.64. The van der Waals surface area contributed by atoms with Crippen molar-refractivity contribution in [3.63, 3.8) is 0 Å². The van der Waals surface area contributed by atoms with Crippen molar-refractivity contribution < 1.29 is 27.0 Å². The molecule has 1 heterocycles. The lowest BCUT2D eigenvalue weighted by Crippen LogP contribution is -2.44. The van der Waals surface area contributed by atoms with Gasteiger partial charge in [-0.25, -0.2) is 9.80 Å². The number of aryl methyl sites for hydroxylation is 2. The number of hydrogen-bond acceptors (Lipinski definition) is 6. The van der Waals surface area contributed by atoms with Gasteiger partial charge in [-0.3, -0.25) is 20.3 Å². The van der Waals surface area contributed by atoms with E-state index in [2.05, 4.69) is 5.43 Å². The van der Waals surface area contributed by atoms with Crippen molar-refractivity contribution in [3.8, 4) is 5.75 Å². The summed E-state index contributed by atoms with van der Waals surface area (Å²) in [5.41, 5.74) is 3.78. The van der Waals surface area contributed by atoms with Crippen LogP contribution in [0.5, 0.6) is 5.75 Å². The highest BCUT2D eigenvalue weighted by Crippen LogP contribution is 2.22. The van der Waals surface area contributed by atoms with Crippen LogP contribution < -0.4 is 14.9 Å². The van der Waals surface area contributed by atoms with Gasteiger partial charge in [0.2, 0.25) is 5.91 Å². The van der Waals surface area contributed by atoms with Gasteiger partial charge in [0.1, 0.15) is 17.2 Å². The van der Waals surface area contributed by atoms with Crippen LogP contribution in [0.4, 0.5) is 4.79 Å². The number of hydrazine groups is 1. The molecular weight excluding hydrogens is 386 g/mol. The fourth-order valence-corrected chi connectivity index (χ4v) is 3.78. The molecule has 146 valence electrons. The average Bonchev–Trinajstić information content (AvgIpc) is 2.94. The smallest absolute Gasteiger partial charge is 0.343 e. The Bertz CT molecular complexity index is 1060. The highest BCUT2D eigenvalue weighted by atomic mass is 32.2. The van der Waals surface area contributed by atoms with Gasteiger partial charge in [0.15, 0.2) is 0 Å². The normalized spacial score (nSPS) is 14.0. The second-order valence-electron chi connectivity index (χ2n) is 6.21. The van der Waals surface area contributed by atoms with E-state index in [1.54, 1.807) is 26.0 Å². The van der Waals surface area contributed by atoms with Gasteiger partial charge >= 0.3 is 16.1 Å². The van der Waals surface area contributed by atoms with E-state index >= 15 is 0 Å². The third-order valence-corrected chi connectivity index (χ3v) is 5.36. The van der Waals surface area contributed by atoms with Crippen molar-refractivity contribution in [2.45, 2.75) is 18.7 Å². The minimum Gasteiger partial charge on any atom is -0.379 e. The third-order valence-electron chi connectivity index (χ3n) is 3.97. The van der Waals surface area contributed by atoms with Crippen LogP contribution in [0, 0.1) is 13.8 Å². The maximum Gasteiger partial charge on any atom is 0.343 e. The summed E-state index contributed by atoms with van der Waals surface area (Å²) in [6.45, 7) is 3.17. The molecule has 0 aliphatic carbocycles. The second kappa shape index (κ2) is 7.31. The molecule has 3 rings (SSSR count).